The second-order valence-electron chi connectivity index (χ2n) is 4.78. The third-order valence-corrected chi connectivity index (χ3v) is 3.19. The maximum Gasteiger partial charge on any atom is 0.269 e. The maximum absolute atomic E-state index is 11.9. The second kappa shape index (κ2) is 8.38. The van der Waals surface area contributed by atoms with Crippen LogP contribution in [0, 0.1) is 0 Å². The number of benzene rings is 2. The molecule has 0 spiro atoms. The molecule has 0 aliphatic heterocycles. The summed E-state index contributed by atoms with van der Waals surface area (Å²) in [6.45, 7) is 0. The molecule has 0 radical (unpaired) electrons. The van der Waals surface area contributed by atoms with Gasteiger partial charge in [0.25, 0.3) is 11.8 Å². The van der Waals surface area contributed by atoms with E-state index in [4.69, 9.17) is 9.47 Å². The Bertz CT molecular complexity index is 722. The Morgan fingerprint density at radius 3 is 1.92 bits per heavy atom. The molecule has 0 fully saturated rings. The summed E-state index contributed by atoms with van der Waals surface area (Å²) in [6.07, 6.45) is 2.96. The Balaban J connectivity index is 1.85. The van der Waals surface area contributed by atoms with Gasteiger partial charge < -0.3 is 9.47 Å². The highest BCUT2D eigenvalue weighted by Gasteiger charge is 2.06. The van der Waals surface area contributed by atoms with E-state index in [1.54, 1.807) is 56.7 Å². The maximum atomic E-state index is 11.9. The van der Waals surface area contributed by atoms with Crippen molar-refractivity contribution in [3.8, 4) is 11.5 Å². The molecular weight excluding hydrogens is 308 g/mol. The Morgan fingerprint density at radius 2 is 1.38 bits per heavy atom. The molecule has 0 saturated heterocycles. The number of rotatable bonds is 5. The number of carbonyl (C=O) groups excluding carboxylic acids is 2. The molecule has 2 amide bonds. The number of hydrazine groups is 1. The second-order valence-corrected chi connectivity index (χ2v) is 4.78. The predicted octanol–water partition coefficient (Wildman–Crippen LogP) is 2.18. The molecule has 2 aromatic carbocycles. The van der Waals surface area contributed by atoms with E-state index in [0.29, 0.717) is 11.3 Å². The zero-order chi connectivity index (χ0) is 17.4. The molecular formula is C18H18N2O4. The minimum Gasteiger partial charge on any atom is -0.497 e. The fourth-order valence-electron chi connectivity index (χ4n) is 1.86. The van der Waals surface area contributed by atoms with Crippen LogP contribution in [-0.4, -0.2) is 26.0 Å². The van der Waals surface area contributed by atoms with Crippen molar-refractivity contribution in [3.05, 3.63) is 65.7 Å². The lowest BCUT2D eigenvalue weighted by Gasteiger charge is -2.06. The van der Waals surface area contributed by atoms with Crippen LogP contribution in [0.2, 0.25) is 0 Å². The molecule has 0 unspecified atom stereocenters. The summed E-state index contributed by atoms with van der Waals surface area (Å²) in [5, 5.41) is 0. The lowest BCUT2D eigenvalue weighted by molar-refractivity contribution is -0.117. The highest BCUT2D eigenvalue weighted by Crippen LogP contribution is 2.12. The molecule has 0 saturated carbocycles. The molecule has 0 aromatic heterocycles. The Labute approximate surface area is 140 Å². The first-order valence-corrected chi connectivity index (χ1v) is 7.19. The predicted molar refractivity (Wildman–Crippen MR) is 90.6 cm³/mol. The Kier molecular flexibility index (Phi) is 5.96. The average molecular weight is 326 g/mol. The van der Waals surface area contributed by atoms with Crippen LogP contribution in [0.4, 0.5) is 0 Å². The fraction of sp³-hybridized carbons (Fsp3) is 0.111. The SMILES string of the molecule is COc1ccc(C=CC(=O)NNC(=O)c2ccc(OC)cc2)cc1. The molecule has 2 N–H and O–H groups in total. The Morgan fingerprint density at radius 1 is 0.833 bits per heavy atom. The lowest BCUT2D eigenvalue weighted by atomic mass is 10.2. The van der Waals surface area contributed by atoms with E-state index in [9.17, 15) is 9.59 Å². The van der Waals surface area contributed by atoms with Gasteiger partial charge in [0.1, 0.15) is 11.5 Å². The molecule has 0 bridgehead atoms. The number of hydrogen-bond donors (Lipinski definition) is 2. The number of nitrogens with one attached hydrogen (secondary N) is 2. The van der Waals surface area contributed by atoms with E-state index >= 15 is 0 Å². The zero-order valence-corrected chi connectivity index (χ0v) is 13.4. The molecule has 0 aliphatic rings. The highest BCUT2D eigenvalue weighted by molar-refractivity contribution is 5.97. The number of methoxy groups -OCH3 is 2. The van der Waals surface area contributed by atoms with Crippen LogP contribution in [0.25, 0.3) is 6.08 Å². The molecule has 2 rings (SSSR count). The van der Waals surface area contributed by atoms with Gasteiger partial charge in [-0.15, -0.1) is 0 Å². The van der Waals surface area contributed by atoms with Crippen molar-refractivity contribution >= 4 is 17.9 Å². The minimum atomic E-state index is -0.437. The number of carbonyl (C=O) groups is 2. The van der Waals surface area contributed by atoms with Gasteiger partial charge in [0.2, 0.25) is 0 Å². The largest absolute Gasteiger partial charge is 0.497 e. The van der Waals surface area contributed by atoms with Crippen LogP contribution in [-0.2, 0) is 4.79 Å². The molecule has 0 aliphatic carbocycles. The van der Waals surface area contributed by atoms with Gasteiger partial charge in [0.05, 0.1) is 14.2 Å². The fourth-order valence-corrected chi connectivity index (χ4v) is 1.86. The molecule has 124 valence electrons. The van der Waals surface area contributed by atoms with Crippen molar-refractivity contribution in [2.24, 2.45) is 0 Å². The van der Waals surface area contributed by atoms with E-state index in [1.165, 1.54) is 6.08 Å². The topological polar surface area (TPSA) is 76.7 Å². The summed E-state index contributed by atoms with van der Waals surface area (Å²) in [5.41, 5.74) is 5.91. The van der Waals surface area contributed by atoms with E-state index in [-0.39, 0.29) is 0 Å². The van der Waals surface area contributed by atoms with Crippen LogP contribution in [0.1, 0.15) is 15.9 Å². The molecule has 2 aromatic rings. The third-order valence-electron chi connectivity index (χ3n) is 3.19. The summed E-state index contributed by atoms with van der Waals surface area (Å²) in [6, 6.07) is 13.8. The summed E-state index contributed by atoms with van der Waals surface area (Å²) in [4.78, 5) is 23.6. The van der Waals surface area contributed by atoms with Gasteiger partial charge in [-0.2, -0.15) is 0 Å². The van der Waals surface area contributed by atoms with Crippen LogP contribution < -0.4 is 20.3 Å². The minimum absolute atomic E-state index is 0.412. The number of ether oxygens (including phenoxy) is 2. The molecule has 0 atom stereocenters. The molecule has 6 nitrogen and oxygen atoms in total. The van der Waals surface area contributed by atoms with Crippen molar-refractivity contribution in [1.82, 2.24) is 10.9 Å². The summed E-state index contributed by atoms with van der Waals surface area (Å²) < 4.78 is 10.1. The van der Waals surface area contributed by atoms with Crippen LogP contribution in [0.15, 0.2) is 54.6 Å². The first-order chi connectivity index (χ1) is 11.6. The summed E-state index contributed by atoms with van der Waals surface area (Å²) in [5.74, 6) is 0.540. The molecule has 6 heteroatoms. The van der Waals surface area contributed by atoms with Crippen molar-refractivity contribution in [1.29, 1.82) is 0 Å². The quantitative estimate of drug-likeness (QED) is 0.652. The van der Waals surface area contributed by atoms with Gasteiger partial charge in [-0.1, -0.05) is 12.1 Å². The standard InChI is InChI=1S/C18H18N2O4/c1-23-15-8-3-13(4-9-15)5-12-17(21)19-20-18(22)14-6-10-16(24-2)11-7-14/h3-12H,1-2H3,(H,19,21)(H,20,22). The van der Waals surface area contributed by atoms with E-state index in [2.05, 4.69) is 10.9 Å². The smallest absolute Gasteiger partial charge is 0.269 e. The van der Waals surface area contributed by atoms with Gasteiger partial charge >= 0.3 is 0 Å². The summed E-state index contributed by atoms with van der Waals surface area (Å²) in [7, 11) is 3.13. The number of amides is 2. The van der Waals surface area contributed by atoms with Crippen molar-refractivity contribution in [2.45, 2.75) is 0 Å². The highest BCUT2D eigenvalue weighted by atomic mass is 16.5. The first-order valence-electron chi connectivity index (χ1n) is 7.19. The summed E-state index contributed by atoms with van der Waals surface area (Å²) >= 11 is 0. The number of hydrogen-bond acceptors (Lipinski definition) is 4. The van der Waals surface area contributed by atoms with Crippen molar-refractivity contribution < 1.29 is 19.1 Å². The normalized spacial score (nSPS) is 10.2. The van der Waals surface area contributed by atoms with Gasteiger partial charge in [-0.3, -0.25) is 20.4 Å². The zero-order valence-electron chi connectivity index (χ0n) is 13.4. The monoisotopic (exact) mass is 326 g/mol. The van der Waals surface area contributed by atoms with Crippen LogP contribution in [0.5, 0.6) is 11.5 Å². The van der Waals surface area contributed by atoms with E-state index in [0.717, 1.165) is 11.3 Å². The van der Waals surface area contributed by atoms with Crippen LogP contribution in [0.3, 0.4) is 0 Å². The van der Waals surface area contributed by atoms with Gasteiger partial charge in [-0.05, 0) is 48.0 Å². The van der Waals surface area contributed by atoms with Crippen molar-refractivity contribution in [2.75, 3.05) is 14.2 Å². The molecule has 0 heterocycles. The van der Waals surface area contributed by atoms with Crippen molar-refractivity contribution in [3.63, 3.8) is 0 Å². The lowest BCUT2D eigenvalue weighted by Crippen LogP contribution is -2.40. The van der Waals surface area contributed by atoms with Crippen LogP contribution >= 0.6 is 0 Å². The van der Waals surface area contributed by atoms with Gasteiger partial charge in [0, 0.05) is 11.6 Å². The average Bonchev–Trinajstić information content (AvgIpc) is 2.64. The first kappa shape index (κ1) is 17.1. The van der Waals surface area contributed by atoms with E-state index in [1.807, 2.05) is 12.1 Å². The van der Waals surface area contributed by atoms with E-state index < -0.39 is 11.8 Å². The van der Waals surface area contributed by atoms with Gasteiger partial charge in [0.15, 0.2) is 0 Å². The molecule has 24 heavy (non-hydrogen) atoms. The Hall–Kier alpha value is -3.28. The third kappa shape index (κ3) is 4.88. The van der Waals surface area contributed by atoms with Gasteiger partial charge in [-0.25, -0.2) is 0 Å².